The fourth-order valence-electron chi connectivity index (χ4n) is 3.27. The number of thiophene rings is 1. The monoisotopic (exact) mass is 328 g/mol. The third kappa shape index (κ3) is 2.66. The number of anilines is 1. The molecule has 5 nitrogen and oxygen atoms in total. The Balaban J connectivity index is 1.94. The summed E-state index contributed by atoms with van der Waals surface area (Å²) in [4.78, 5) is 13.9. The highest BCUT2D eigenvalue weighted by atomic mass is 32.1. The van der Waals surface area contributed by atoms with Gasteiger partial charge in [0.25, 0.3) is 5.91 Å². The summed E-state index contributed by atoms with van der Waals surface area (Å²) in [6.45, 7) is 6.49. The number of amides is 1. The van der Waals surface area contributed by atoms with E-state index >= 15 is 0 Å². The average Bonchev–Trinajstić information content (AvgIpc) is 3.03. The highest BCUT2D eigenvalue weighted by Crippen LogP contribution is 2.37. The van der Waals surface area contributed by atoms with Crippen molar-refractivity contribution in [2.45, 2.75) is 53.0 Å². The van der Waals surface area contributed by atoms with Crippen molar-refractivity contribution in [1.29, 1.82) is 5.26 Å². The Morgan fingerprint density at radius 3 is 2.78 bits per heavy atom. The lowest BCUT2D eigenvalue weighted by atomic mass is 9.96. The molecule has 0 aliphatic heterocycles. The summed E-state index contributed by atoms with van der Waals surface area (Å²) in [7, 11) is 0. The maximum atomic E-state index is 12.7. The highest BCUT2D eigenvalue weighted by molar-refractivity contribution is 7.16. The van der Waals surface area contributed by atoms with Crippen LogP contribution in [0.15, 0.2) is 0 Å². The van der Waals surface area contributed by atoms with Gasteiger partial charge in [0, 0.05) is 17.1 Å². The van der Waals surface area contributed by atoms with Gasteiger partial charge in [0.2, 0.25) is 0 Å². The molecule has 0 unspecified atom stereocenters. The smallest absolute Gasteiger partial charge is 0.260 e. The molecule has 0 radical (unpaired) electrons. The lowest BCUT2D eigenvalue weighted by Gasteiger charge is -2.09. The Bertz CT molecular complexity index is 810. The van der Waals surface area contributed by atoms with Gasteiger partial charge >= 0.3 is 0 Å². The van der Waals surface area contributed by atoms with Gasteiger partial charge < -0.3 is 5.32 Å². The Labute approximate surface area is 139 Å². The second kappa shape index (κ2) is 6.17. The molecule has 6 heteroatoms. The van der Waals surface area contributed by atoms with Gasteiger partial charge in [0.05, 0.1) is 16.8 Å². The van der Waals surface area contributed by atoms with Crippen LogP contribution in [-0.4, -0.2) is 15.7 Å². The van der Waals surface area contributed by atoms with Crippen molar-refractivity contribution in [3.05, 3.63) is 33.0 Å². The quantitative estimate of drug-likeness (QED) is 0.936. The van der Waals surface area contributed by atoms with Crippen LogP contribution < -0.4 is 5.32 Å². The molecule has 0 spiro atoms. The first-order valence-electron chi connectivity index (χ1n) is 7.96. The van der Waals surface area contributed by atoms with Crippen LogP contribution in [0.5, 0.6) is 0 Å². The fourth-order valence-corrected chi connectivity index (χ4v) is 4.51. The number of rotatable bonds is 3. The number of carbonyl (C=O) groups is 1. The van der Waals surface area contributed by atoms with Gasteiger partial charge in [-0.3, -0.25) is 9.48 Å². The van der Waals surface area contributed by atoms with Crippen molar-refractivity contribution in [1.82, 2.24) is 9.78 Å². The van der Waals surface area contributed by atoms with Crippen LogP contribution in [0.2, 0.25) is 0 Å². The van der Waals surface area contributed by atoms with Gasteiger partial charge in [-0.1, -0.05) is 0 Å². The number of aromatic nitrogens is 2. The van der Waals surface area contributed by atoms with Crippen LogP contribution in [0.25, 0.3) is 0 Å². The van der Waals surface area contributed by atoms with E-state index in [1.807, 2.05) is 25.5 Å². The third-order valence-corrected chi connectivity index (χ3v) is 5.63. The van der Waals surface area contributed by atoms with Gasteiger partial charge in [0.15, 0.2) is 0 Å². The number of fused-ring (bicyclic) bond motifs is 1. The van der Waals surface area contributed by atoms with Gasteiger partial charge in [-0.25, -0.2) is 0 Å². The van der Waals surface area contributed by atoms with Crippen molar-refractivity contribution in [2.24, 2.45) is 0 Å². The molecule has 0 saturated heterocycles. The van der Waals surface area contributed by atoms with E-state index in [1.54, 1.807) is 11.3 Å². The molecule has 23 heavy (non-hydrogen) atoms. The second-order valence-corrected chi connectivity index (χ2v) is 6.95. The zero-order valence-corrected chi connectivity index (χ0v) is 14.5. The number of aryl methyl sites for hydroxylation is 3. The van der Waals surface area contributed by atoms with Crippen molar-refractivity contribution in [3.63, 3.8) is 0 Å². The first-order chi connectivity index (χ1) is 11.1. The van der Waals surface area contributed by atoms with Crippen LogP contribution in [0.3, 0.4) is 0 Å². The molecule has 1 aliphatic carbocycles. The van der Waals surface area contributed by atoms with Crippen molar-refractivity contribution in [3.8, 4) is 6.07 Å². The summed E-state index contributed by atoms with van der Waals surface area (Å²) in [5.74, 6) is -0.171. The van der Waals surface area contributed by atoms with Crippen LogP contribution in [-0.2, 0) is 19.4 Å². The van der Waals surface area contributed by atoms with Crippen LogP contribution in [0.1, 0.15) is 57.5 Å². The standard InChI is InChI=1S/C17H20N4OS/c1-4-21-11(3)15(10(2)20-21)16(22)19-17-13(9-18)12-7-5-6-8-14(12)23-17/h4-8H2,1-3H3,(H,19,22). The molecule has 2 aromatic rings. The summed E-state index contributed by atoms with van der Waals surface area (Å²) in [6, 6.07) is 2.28. The topological polar surface area (TPSA) is 70.7 Å². The molecule has 1 aliphatic rings. The third-order valence-electron chi connectivity index (χ3n) is 4.42. The Morgan fingerprint density at radius 2 is 2.13 bits per heavy atom. The average molecular weight is 328 g/mol. The number of nitrogens with zero attached hydrogens (tertiary/aromatic N) is 3. The number of carbonyl (C=O) groups excluding carboxylic acids is 1. The zero-order chi connectivity index (χ0) is 16.6. The summed E-state index contributed by atoms with van der Waals surface area (Å²) in [6.07, 6.45) is 4.23. The van der Waals surface area contributed by atoms with E-state index in [9.17, 15) is 10.1 Å². The minimum Gasteiger partial charge on any atom is -0.312 e. The van der Waals surface area contributed by atoms with Gasteiger partial charge in [0.1, 0.15) is 11.1 Å². The Kier molecular flexibility index (Phi) is 4.22. The maximum Gasteiger partial charge on any atom is 0.260 e. The molecule has 0 bridgehead atoms. The van der Waals surface area contributed by atoms with E-state index in [0.29, 0.717) is 16.1 Å². The minimum atomic E-state index is -0.171. The molecule has 1 N–H and O–H groups in total. The first kappa shape index (κ1) is 15.8. The Hall–Kier alpha value is -2.13. The van der Waals surface area contributed by atoms with Crippen LogP contribution in [0.4, 0.5) is 5.00 Å². The molecule has 0 saturated carbocycles. The fraction of sp³-hybridized carbons (Fsp3) is 0.471. The highest BCUT2D eigenvalue weighted by Gasteiger charge is 2.24. The molecular formula is C17H20N4OS. The predicted molar refractivity (Wildman–Crippen MR) is 91.0 cm³/mol. The molecule has 3 rings (SSSR count). The van der Waals surface area contributed by atoms with Crippen molar-refractivity contribution < 1.29 is 4.79 Å². The molecule has 2 heterocycles. The predicted octanol–water partition coefficient (Wildman–Crippen LogP) is 3.58. The van der Waals surface area contributed by atoms with E-state index in [4.69, 9.17) is 0 Å². The van der Waals surface area contributed by atoms with Gasteiger partial charge in [-0.15, -0.1) is 11.3 Å². The van der Waals surface area contributed by atoms with Gasteiger partial charge in [-0.05, 0) is 52.0 Å². The van der Waals surface area contributed by atoms with E-state index in [1.165, 1.54) is 4.88 Å². The lowest BCUT2D eigenvalue weighted by molar-refractivity contribution is 0.102. The van der Waals surface area contributed by atoms with Crippen LogP contribution in [0, 0.1) is 25.2 Å². The summed E-state index contributed by atoms with van der Waals surface area (Å²) < 4.78 is 1.83. The normalized spacial score (nSPS) is 13.5. The van der Waals surface area contributed by atoms with E-state index in [0.717, 1.165) is 49.2 Å². The van der Waals surface area contributed by atoms with E-state index < -0.39 is 0 Å². The molecule has 2 aromatic heterocycles. The molecule has 0 atom stereocenters. The van der Waals surface area contributed by atoms with E-state index in [-0.39, 0.29) is 5.91 Å². The number of nitriles is 1. The number of nitrogens with one attached hydrogen (secondary N) is 1. The molecule has 120 valence electrons. The molecule has 0 fully saturated rings. The van der Waals surface area contributed by atoms with E-state index in [2.05, 4.69) is 16.5 Å². The van der Waals surface area contributed by atoms with Crippen molar-refractivity contribution in [2.75, 3.05) is 5.32 Å². The molecule has 1 amide bonds. The minimum absolute atomic E-state index is 0.171. The SMILES string of the molecule is CCn1nc(C)c(C(=O)Nc2sc3c(c2C#N)CCCC3)c1C. The first-order valence-corrected chi connectivity index (χ1v) is 8.78. The van der Waals surface area contributed by atoms with Gasteiger partial charge in [-0.2, -0.15) is 10.4 Å². The van der Waals surface area contributed by atoms with Crippen molar-refractivity contribution >= 4 is 22.2 Å². The maximum absolute atomic E-state index is 12.7. The summed E-state index contributed by atoms with van der Waals surface area (Å²) in [5.41, 5.74) is 3.99. The zero-order valence-electron chi connectivity index (χ0n) is 13.7. The number of hydrogen-bond donors (Lipinski definition) is 1. The summed E-state index contributed by atoms with van der Waals surface area (Å²) >= 11 is 1.55. The molecular weight excluding hydrogens is 308 g/mol. The Morgan fingerprint density at radius 1 is 1.39 bits per heavy atom. The lowest BCUT2D eigenvalue weighted by Crippen LogP contribution is -2.14. The largest absolute Gasteiger partial charge is 0.312 e. The van der Waals surface area contributed by atoms with Crippen LogP contribution >= 0.6 is 11.3 Å². The second-order valence-electron chi connectivity index (χ2n) is 5.84. The molecule has 0 aromatic carbocycles. The number of hydrogen-bond acceptors (Lipinski definition) is 4. The summed E-state index contributed by atoms with van der Waals surface area (Å²) in [5, 5.41) is 17.5.